The SMILES string of the molecule is O=C(NCc1csc(-c2ccc(C(F)(F)F)cc2)n1)C1COCCN1. The molecule has 1 fully saturated rings. The molecule has 1 aliphatic heterocycles. The smallest absolute Gasteiger partial charge is 0.378 e. The summed E-state index contributed by atoms with van der Waals surface area (Å²) in [6.07, 6.45) is -4.35. The molecular formula is C16H16F3N3O2S. The minimum Gasteiger partial charge on any atom is -0.378 e. The first kappa shape index (κ1) is 17.8. The molecule has 1 amide bonds. The number of hydrogen-bond acceptors (Lipinski definition) is 5. The second-order valence-electron chi connectivity index (χ2n) is 5.52. The van der Waals surface area contributed by atoms with Crippen LogP contribution in [-0.2, 0) is 22.3 Å². The van der Waals surface area contributed by atoms with Gasteiger partial charge in [0.1, 0.15) is 11.0 Å². The molecule has 1 unspecified atom stereocenters. The normalized spacial score (nSPS) is 18.1. The van der Waals surface area contributed by atoms with E-state index in [0.29, 0.717) is 36.0 Å². The van der Waals surface area contributed by atoms with Crippen LogP contribution in [0.3, 0.4) is 0 Å². The molecule has 1 aromatic heterocycles. The Bertz CT molecular complexity index is 725. The fraction of sp³-hybridized carbons (Fsp3) is 0.375. The van der Waals surface area contributed by atoms with Crippen molar-refractivity contribution < 1.29 is 22.7 Å². The zero-order chi connectivity index (χ0) is 17.9. The van der Waals surface area contributed by atoms with E-state index in [-0.39, 0.29) is 18.5 Å². The molecule has 9 heteroatoms. The number of aromatic nitrogens is 1. The van der Waals surface area contributed by atoms with Gasteiger partial charge in [-0.1, -0.05) is 12.1 Å². The first-order valence-electron chi connectivity index (χ1n) is 7.64. The Morgan fingerprint density at radius 2 is 2.12 bits per heavy atom. The largest absolute Gasteiger partial charge is 0.416 e. The highest BCUT2D eigenvalue weighted by atomic mass is 32.1. The lowest BCUT2D eigenvalue weighted by Crippen LogP contribution is -2.51. The summed E-state index contributed by atoms with van der Waals surface area (Å²) in [5.74, 6) is -0.163. The van der Waals surface area contributed by atoms with Gasteiger partial charge in [0.2, 0.25) is 5.91 Å². The topological polar surface area (TPSA) is 63.2 Å². The van der Waals surface area contributed by atoms with Crippen molar-refractivity contribution in [3.8, 4) is 10.6 Å². The summed E-state index contributed by atoms with van der Waals surface area (Å²) >= 11 is 1.32. The molecule has 25 heavy (non-hydrogen) atoms. The number of alkyl halides is 3. The maximum atomic E-state index is 12.6. The van der Waals surface area contributed by atoms with E-state index in [1.165, 1.54) is 23.5 Å². The molecule has 3 rings (SSSR count). The standard InChI is InChI=1S/C16H16F3N3O2S/c17-16(18,19)11-3-1-10(2-4-11)15-22-12(9-25-15)7-21-14(23)13-8-24-6-5-20-13/h1-4,9,13,20H,5-8H2,(H,21,23). The van der Waals surface area contributed by atoms with Crippen LogP contribution in [0, 0.1) is 0 Å². The predicted molar refractivity (Wildman–Crippen MR) is 87.0 cm³/mol. The van der Waals surface area contributed by atoms with Gasteiger partial charge in [-0.25, -0.2) is 4.98 Å². The highest BCUT2D eigenvalue weighted by molar-refractivity contribution is 7.13. The lowest BCUT2D eigenvalue weighted by atomic mass is 10.1. The van der Waals surface area contributed by atoms with Crippen LogP contribution in [0.2, 0.25) is 0 Å². The van der Waals surface area contributed by atoms with Crippen LogP contribution in [0.15, 0.2) is 29.6 Å². The second kappa shape index (κ2) is 7.51. The Morgan fingerprint density at radius 3 is 2.76 bits per heavy atom. The molecule has 1 atom stereocenters. The lowest BCUT2D eigenvalue weighted by Gasteiger charge is -2.22. The van der Waals surface area contributed by atoms with Crippen LogP contribution in [0.25, 0.3) is 10.6 Å². The molecule has 2 heterocycles. The van der Waals surface area contributed by atoms with E-state index in [4.69, 9.17) is 4.74 Å². The summed E-state index contributed by atoms with van der Waals surface area (Å²) < 4.78 is 43.0. The fourth-order valence-corrected chi connectivity index (χ4v) is 3.18. The summed E-state index contributed by atoms with van der Waals surface area (Å²) in [5.41, 5.74) is 0.574. The van der Waals surface area contributed by atoms with Crippen LogP contribution in [0.5, 0.6) is 0 Å². The number of carbonyl (C=O) groups excluding carboxylic acids is 1. The minimum atomic E-state index is -4.35. The van der Waals surface area contributed by atoms with Crippen molar-refractivity contribution in [3.63, 3.8) is 0 Å². The van der Waals surface area contributed by atoms with E-state index in [2.05, 4.69) is 15.6 Å². The van der Waals surface area contributed by atoms with Crippen LogP contribution >= 0.6 is 11.3 Å². The van der Waals surface area contributed by atoms with E-state index < -0.39 is 11.7 Å². The van der Waals surface area contributed by atoms with Crippen molar-refractivity contribution in [1.29, 1.82) is 0 Å². The second-order valence-corrected chi connectivity index (χ2v) is 6.38. The molecule has 0 bridgehead atoms. The third-order valence-corrected chi connectivity index (χ3v) is 4.63. The molecule has 0 spiro atoms. The highest BCUT2D eigenvalue weighted by Gasteiger charge is 2.30. The Labute approximate surface area is 146 Å². The average molecular weight is 371 g/mol. The van der Waals surface area contributed by atoms with Gasteiger partial charge in [-0.05, 0) is 12.1 Å². The number of hydrogen-bond donors (Lipinski definition) is 2. The Balaban J connectivity index is 1.59. The molecule has 2 aromatic rings. The first-order valence-corrected chi connectivity index (χ1v) is 8.52. The number of ether oxygens (including phenoxy) is 1. The van der Waals surface area contributed by atoms with Crippen molar-refractivity contribution in [2.75, 3.05) is 19.8 Å². The van der Waals surface area contributed by atoms with E-state index in [0.717, 1.165) is 12.1 Å². The number of rotatable bonds is 4. The summed E-state index contributed by atoms with van der Waals surface area (Å²) in [5, 5.41) is 8.22. The van der Waals surface area contributed by atoms with Crippen molar-refractivity contribution in [2.24, 2.45) is 0 Å². The van der Waals surface area contributed by atoms with E-state index >= 15 is 0 Å². The average Bonchev–Trinajstić information content (AvgIpc) is 3.09. The van der Waals surface area contributed by atoms with Gasteiger partial charge in [0.15, 0.2) is 0 Å². The van der Waals surface area contributed by atoms with Gasteiger partial charge in [-0.2, -0.15) is 13.2 Å². The number of nitrogens with one attached hydrogen (secondary N) is 2. The molecule has 5 nitrogen and oxygen atoms in total. The molecule has 0 saturated carbocycles. The summed E-state index contributed by atoms with van der Waals surface area (Å²) in [6.45, 7) is 1.81. The van der Waals surface area contributed by atoms with Gasteiger partial charge in [-0.15, -0.1) is 11.3 Å². The number of thiazole rings is 1. The molecule has 1 saturated heterocycles. The maximum absolute atomic E-state index is 12.6. The van der Waals surface area contributed by atoms with E-state index in [1.54, 1.807) is 5.38 Å². The van der Waals surface area contributed by atoms with Crippen LogP contribution in [-0.4, -0.2) is 36.7 Å². The lowest BCUT2D eigenvalue weighted by molar-refractivity contribution is -0.137. The minimum absolute atomic E-state index is 0.163. The van der Waals surface area contributed by atoms with Gasteiger partial charge in [0, 0.05) is 17.5 Å². The molecule has 1 aromatic carbocycles. The van der Waals surface area contributed by atoms with Gasteiger partial charge in [0.25, 0.3) is 0 Å². The molecule has 0 radical (unpaired) electrons. The third-order valence-electron chi connectivity index (χ3n) is 3.69. The third kappa shape index (κ3) is 4.56. The van der Waals surface area contributed by atoms with Crippen LogP contribution in [0.4, 0.5) is 13.2 Å². The van der Waals surface area contributed by atoms with E-state index in [1.807, 2.05) is 0 Å². The molecular weight excluding hydrogens is 355 g/mol. The predicted octanol–water partition coefficient (Wildman–Crippen LogP) is 2.43. The van der Waals surface area contributed by atoms with Crippen LogP contribution < -0.4 is 10.6 Å². The summed E-state index contributed by atoms with van der Waals surface area (Å²) in [4.78, 5) is 16.4. The molecule has 1 aliphatic rings. The Kier molecular flexibility index (Phi) is 5.36. The number of morpholine rings is 1. The zero-order valence-corrected chi connectivity index (χ0v) is 13.9. The summed E-state index contributed by atoms with van der Waals surface area (Å²) in [6, 6.07) is 4.49. The number of halogens is 3. The van der Waals surface area contributed by atoms with Crippen molar-refractivity contribution in [3.05, 3.63) is 40.9 Å². The Morgan fingerprint density at radius 1 is 1.36 bits per heavy atom. The van der Waals surface area contributed by atoms with E-state index in [9.17, 15) is 18.0 Å². The Hall–Kier alpha value is -1.97. The van der Waals surface area contributed by atoms with Crippen LogP contribution in [0.1, 0.15) is 11.3 Å². The van der Waals surface area contributed by atoms with Gasteiger partial charge < -0.3 is 15.4 Å². The maximum Gasteiger partial charge on any atom is 0.416 e. The quantitative estimate of drug-likeness (QED) is 0.867. The van der Waals surface area contributed by atoms with Gasteiger partial charge in [0.05, 0.1) is 31.0 Å². The first-order chi connectivity index (χ1) is 11.9. The fourth-order valence-electron chi connectivity index (χ4n) is 2.36. The number of nitrogens with zero attached hydrogens (tertiary/aromatic N) is 1. The number of amides is 1. The summed E-state index contributed by atoms with van der Waals surface area (Å²) in [7, 11) is 0. The van der Waals surface area contributed by atoms with Gasteiger partial charge >= 0.3 is 6.18 Å². The van der Waals surface area contributed by atoms with Gasteiger partial charge in [-0.3, -0.25) is 4.79 Å². The van der Waals surface area contributed by atoms with Crippen molar-refractivity contribution in [1.82, 2.24) is 15.6 Å². The highest BCUT2D eigenvalue weighted by Crippen LogP contribution is 2.31. The number of carbonyl (C=O) groups is 1. The molecule has 134 valence electrons. The molecule has 0 aliphatic carbocycles. The molecule has 2 N–H and O–H groups in total. The monoisotopic (exact) mass is 371 g/mol. The van der Waals surface area contributed by atoms with Crippen molar-refractivity contribution >= 4 is 17.2 Å². The number of benzene rings is 1. The zero-order valence-electron chi connectivity index (χ0n) is 13.1. The van der Waals surface area contributed by atoms with Crippen molar-refractivity contribution in [2.45, 2.75) is 18.8 Å².